The van der Waals surface area contributed by atoms with E-state index >= 15 is 0 Å². The van der Waals surface area contributed by atoms with Gasteiger partial charge in [0.15, 0.2) is 11.3 Å². The number of pyridine rings is 1. The van der Waals surface area contributed by atoms with E-state index in [1.807, 2.05) is 44.2 Å². The summed E-state index contributed by atoms with van der Waals surface area (Å²) in [6, 6.07) is 14.8. The van der Waals surface area contributed by atoms with Crippen LogP contribution in [-0.4, -0.2) is 9.67 Å². The van der Waals surface area contributed by atoms with Gasteiger partial charge in [-0.1, -0.05) is 41.6 Å². The quantitative estimate of drug-likeness (QED) is 0.538. The monoisotopic (exact) mass is 379 g/mol. The normalized spacial score (nSPS) is 11.3. The Hall–Kier alpha value is -2.99. The van der Waals surface area contributed by atoms with Crippen molar-refractivity contribution in [3.8, 4) is 5.75 Å². The van der Waals surface area contributed by atoms with Gasteiger partial charge < -0.3 is 14.1 Å². The molecule has 0 unspecified atom stereocenters. The Kier molecular flexibility index (Phi) is 4.28. The van der Waals surface area contributed by atoms with Gasteiger partial charge in [0.25, 0.3) is 5.56 Å². The number of aryl methyl sites for hydroxylation is 2. The number of aromatic hydroxyl groups is 1. The van der Waals surface area contributed by atoms with Crippen LogP contribution in [0.2, 0.25) is 0 Å². The van der Waals surface area contributed by atoms with E-state index in [0.717, 1.165) is 22.2 Å². The molecule has 0 saturated heterocycles. The molecule has 4 aromatic rings. The number of aromatic nitrogens is 1. The molecule has 2 aromatic carbocycles. The zero-order valence-corrected chi connectivity index (χ0v) is 15.7. The van der Waals surface area contributed by atoms with Crippen LogP contribution in [0.25, 0.3) is 21.9 Å². The Morgan fingerprint density at radius 1 is 1.11 bits per heavy atom. The van der Waals surface area contributed by atoms with Crippen molar-refractivity contribution >= 4 is 33.6 Å². The average molecular weight is 379 g/mol. The first-order valence-corrected chi connectivity index (χ1v) is 9.38. The van der Waals surface area contributed by atoms with Gasteiger partial charge in [0, 0.05) is 16.8 Å². The van der Waals surface area contributed by atoms with Gasteiger partial charge in [0.1, 0.15) is 10.3 Å². The second-order valence-electron chi connectivity index (χ2n) is 6.26. The van der Waals surface area contributed by atoms with Crippen LogP contribution in [-0.2, 0) is 6.54 Å². The van der Waals surface area contributed by atoms with Crippen molar-refractivity contribution in [2.24, 2.45) is 0 Å². The van der Waals surface area contributed by atoms with E-state index in [4.69, 9.17) is 4.42 Å². The molecule has 0 aliphatic carbocycles. The molecule has 136 valence electrons. The largest absolute Gasteiger partial charge is 0.505 e. The second kappa shape index (κ2) is 6.63. The van der Waals surface area contributed by atoms with Crippen molar-refractivity contribution in [3.63, 3.8) is 0 Å². The Bertz CT molecular complexity index is 1300. The smallest absolute Gasteiger partial charge is 0.354 e. The third-order valence-electron chi connectivity index (χ3n) is 4.48. The van der Waals surface area contributed by atoms with Crippen LogP contribution >= 0.6 is 11.8 Å². The van der Waals surface area contributed by atoms with Crippen molar-refractivity contribution in [1.82, 2.24) is 4.57 Å². The van der Waals surface area contributed by atoms with Crippen molar-refractivity contribution in [2.45, 2.75) is 30.2 Å². The fourth-order valence-electron chi connectivity index (χ4n) is 3.24. The lowest BCUT2D eigenvalue weighted by Gasteiger charge is -2.12. The number of fused-ring (bicyclic) bond motifs is 3. The van der Waals surface area contributed by atoms with Gasteiger partial charge in [0.2, 0.25) is 0 Å². The maximum atomic E-state index is 13.0. The summed E-state index contributed by atoms with van der Waals surface area (Å²) < 4.78 is 7.09. The lowest BCUT2D eigenvalue weighted by Crippen LogP contribution is -2.21. The van der Waals surface area contributed by atoms with E-state index in [9.17, 15) is 14.7 Å². The van der Waals surface area contributed by atoms with Gasteiger partial charge in [0.05, 0.1) is 5.52 Å². The molecule has 6 heteroatoms. The van der Waals surface area contributed by atoms with E-state index in [2.05, 4.69) is 0 Å². The highest BCUT2D eigenvalue weighted by atomic mass is 32.2. The van der Waals surface area contributed by atoms with Gasteiger partial charge >= 0.3 is 5.63 Å². The number of benzene rings is 2. The van der Waals surface area contributed by atoms with Crippen LogP contribution in [0.15, 0.2) is 72.3 Å². The molecule has 0 radical (unpaired) electrons. The first kappa shape index (κ1) is 17.4. The van der Waals surface area contributed by atoms with Crippen LogP contribution in [0, 0.1) is 6.92 Å². The highest BCUT2D eigenvalue weighted by molar-refractivity contribution is 7.99. The Morgan fingerprint density at radius 2 is 1.89 bits per heavy atom. The number of hydrogen-bond acceptors (Lipinski definition) is 5. The van der Waals surface area contributed by atoms with E-state index in [1.54, 1.807) is 22.8 Å². The second-order valence-corrected chi connectivity index (χ2v) is 7.34. The third kappa shape index (κ3) is 2.82. The lowest BCUT2D eigenvalue weighted by molar-refractivity contribution is 0.446. The number of nitrogens with zero attached hydrogens (tertiary/aromatic N) is 1. The Balaban J connectivity index is 2.07. The molecular formula is C21H17NO4S. The van der Waals surface area contributed by atoms with E-state index < -0.39 is 5.63 Å². The van der Waals surface area contributed by atoms with Crippen molar-refractivity contribution in [1.29, 1.82) is 0 Å². The first-order chi connectivity index (χ1) is 13.0. The summed E-state index contributed by atoms with van der Waals surface area (Å²) in [6.45, 7) is 4.24. The van der Waals surface area contributed by atoms with Crippen molar-refractivity contribution < 1.29 is 9.52 Å². The molecule has 27 heavy (non-hydrogen) atoms. The van der Waals surface area contributed by atoms with Gasteiger partial charge in [-0.05, 0) is 38.1 Å². The highest BCUT2D eigenvalue weighted by Crippen LogP contribution is 2.37. The van der Waals surface area contributed by atoms with Crippen molar-refractivity contribution in [2.75, 3.05) is 0 Å². The third-order valence-corrected chi connectivity index (χ3v) is 5.54. The summed E-state index contributed by atoms with van der Waals surface area (Å²) in [5.74, 6) is -0.328. The topological polar surface area (TPSA) is 72.4 Å². The molecule has 0 saturated carbocycles. The van der Waals surface area contributed by atoms with Crippen LogP contribution in [0.5, 0.6) is 5.75 Å². The minimum Gasteiger partial charge on any atom is -0.505 e. The summed E-state index contributed by atoms with van der Waals surface area (Å²) in [4.78, 5) is 26.4. The fourth-order valence-corrected chi connectivity index (χ4v) is 4.19. The molecule has 2 aromatic heterocycles. The van der Waals surface area contributed by atoms with Crippen LogP contribution in [0.3, 0.4) is 0 Å². The molecule has 0 amide bonds. The molecule has 1 N–H and O–H groups in total. The minimum atomic E-state index is -0.662. The van der Waals surface area contributed by atoms with E-state index in [0.29, 0.717) is 17.4 Å². The maximum Gasteiger partial charge on any atom is 0.354 e. The number of rotatable bonds is 3. The van der Waals surface area contributed by atoms with Crippen molar-refractivity contribution in [3.05, 3.63) is 74.9 Å². The molecule has 0 fully saturated rings. The molecule has 0 bridgehead atoms. The van der Waals surface area contributed by atoms with Gasteiger partial charge in [-0.25, -0.2) is 4.79 Å². The standard InChI is InChI=1S/C21H17NO4S/c1-3-22-15-10-5-4-9-14(15)18-16(20(22)24)17(23)19(21(25)26-18)27-13-8-6-7-12(2)11-13/h4-11,23H,3H2,1-2H3. The summed E-state index contributed by atoms with van der Waals surface area (Å²) in [7, 11) is 0. The lowest BCUT2D eigenvalue weighted by atomic mass is 10.1. The molecule has 2 heterocycles. The van der Waals surface area contributed by atoms with Gasteiger partial charge in [-0.3, -0.25) is 4.79 Å². The molecule has 4 rings (SSSR count). The van der Waals surface area contributed by atoms with Crippen LogP contribution in [0.1, 0.15) is 12.5 Å². The predicted molar refractivity (Wildman–Crippen MR) is 107 cm³/mol. The van der Waals surface area contributed by atoms with Crippen LogP contribution in [0.4, 0.5) is 0 Å². The van der Waals surface area contributed by atoms with Gasteiger partial charge in [-0.15, -0.1) is 0 Å². The molecule has 0 aliphatic heterocycles. The zero-order valence-electron chi connectivity index (χ0n) is 14.9. The molecule has 0 spiro atoms. The molecule has 0 atom stereocenters. The first-order valence-electron chi connectivity index (χ1n) is 8.57. The van der Waals surface area contributed by atoms with E-state index in [-0.39, 0.29) is 27.2 Å². The van der Waals surface area contributed by atoms with E-state index in [1.165, 1.54) is 0 Å². The Labute approximate surface area is 158 Å². The van der Waals surface area contributed by atoms with Crippen LogP contribution < -0.4 is 11.2 Å². The Morgan fingerprint density at radius 3 is 2.63 bits per heavy atom. The minimum absolute atomic E-state index is 0.0168. The molecule has 5 nitrogen and oxygen atoms in total. The fraction of sp³-hybridized carbons (Fsp3) is 0.143. The average Bonchev–Trinajstić information content (AvgIpc) is 2.65. The maximum absolute atomic E-state index is 13.0. The SMILES string of the molecule is CCn1c(=O)c2c(O)c(Sc3cccc(C)c3)c(=O)oc2c2ccccc21. The highest BCUT2D eigenvalue weighted by Gasteiger charge is 2.21. The number of hydrogen-bond donors (Lipinski definition) is 1. The summed E-state index contributed by atoms with van der Waals surface area (Å²) in [5, 5.41) is 11.5. The van der Waals surface area contributed by atoms with Gasteiger partial charge in [-0.2, -0.15) is 0 Å². The summed E-state index contributed by atoms with van der Waals surface area (Å²) >= 11 is 1.09. The molecular weight excluding hydrogens is 362 g/mol. The summed E-state index contributed by atoms with van der Waals surface area (Å²) in [6.07, 6.45) is 0. The molecule has 0 aliphatic rings. The zero-order chi connectivity index (χ0) is 19.1. The summed E-state index contributed by atoms with van der Waals surface area (Å²) in [5.41, 5.74) is 0.781. The predicted octanol–water partition coefficient (Wildman–Crippen LogP) is 4.29. The number of para-hydroxylation sites is 1.